The highest BCUT2D eigenvalue weighted by atomic mass is 32.2. The van der Waals surface area contributed by atoms with E-state index in [1.165, 1.54) is 0 Å². The number of amides is 1. The van der Waals surface area contributed by atoms with Crippen LogP contribution >= 0.6 is 0 Å². The van der Waals surface area contributed by atoms with Gasteiger partial charge in [-0.1, -0.05) is 0 Å². The number of aliphatic carboxylic acids is 1. The Labute approximate surface area is 119 Å². The Balaban J connectivity index is 4.40. The highest BCUT2D eigenvalue weighted by Crippen LogP contribution is 2.02. The molecule has 0 aliphatic heterocycles. The first kappa shape index (κ1) is 18.3. The fraction of sp³-hybridized carbons (Fsp3) is 0.636. The zero-order chi connectivity index (χ0) is 15.7. The van der Waals surface area contributed by atoms with Crippen molar-refractivity contribution in [2.24, 2.45) is 0 Å². The maximum absolute atomic E-state index is 11.5. The summed E-state index contributed by atoms with van der Waals surface area (Å²) < 4.78 is 11.5. The van der Waals surface area contributed by atoms with Gasteiger partial charge in [-0.25, -0.2) is 4.79 Å². The molecule has 0 aliphatic carbocycles. The van der Waals surface area contributed by atoms with Gasteiger partial charge in [-0.15, -0.1) is 0 Å². The van der Waals surface area contributed by atoms with Gasteiger partial charge in [0, 0.05) is 6.42 Å². The minimum atomic E-state index is -1.37. The SMILES string of the molecule is CC(C)[S+]([O-])CC(=O)NC(CCC(=O)C=[N+]=[N-])C(=O)O. The summed E-state index contributed by atoms with van der Waals surface area (Å²) in [5.74, 6) is -2.78. The number of nitrogens with one attached hydrogen (secondary N) is 1. The molecule has 0 heterocycles. The standard InChI is InChI=1S/C11H17N3O5S/c1-7(2)20(19)6-10(16)14-9(11(17)18)4-3-8(15)5-13-12/h5,7,9H,3-4,6H2,1-2H3,(H,14,16)(H,17,18). The summed E-state index contributed by atoms with van der Waals surface area (Å²) in [6.07, 6.45) is 0.337. The van der Waals surface area contributed by atoms with Crippen molar-refractivity contribution in [3.05, 3.63) is 5.53 Å². The number of rotatable bonds is 9. The molecule has 0 spiro atoms. The smallest absolute Gasteiger partial charge is 0.326 e. The predicted octanol–water partition coefficient (Wildman–Crippen LogP) is -0.637. The van der Waals surface area contributed by atoms with E-state index in [1.54, 1.807) is 13.8 Å². The zero-order valence-electron chi connectivity index (χ0n) is 11.2. The summed E-state index contributed by atoms with van der Waals surface area (Å²) in [7, 11) is 0. The highest BCUT2D eigenvalue weighted by molar-refractivity contribution is 7.92. The summed E-state index contributed by atoms with van der Waals surface area (Å²) in [6.45, 7) is 3.37. The van der Waals surface area contributed by atoms with Crippen LogP contribution in [0, 0.1) is 0 Å². The summed E-state index contributed by atoms with van der Waals surface area (Å²) in [4.78, 5) is 36.1. The number of carbonyl (C=O) groups is 3. The lowest BCUT2D eigenvalue weighted by Crippen LogP contribution is -2.44. The van der Waals surface area contributed by atoms with Crippen LogP contribution in [-0.2, 0) is 25.6 Å². The third kappa shape index (κ3) is 7.67. The van der Waals surface area contributed by atoms with E-state index < -0.39 is 34.9 Å². The van der Waals surface area contributed by atoms with E-state index in [-0.39, 0.29) is 23.8 Å². The number of hydrogen-bond donors (Lipinski definition) is 2. The fourth-order valence-corrected chi connectivity index (χ4v) is 1.88. The van der Waals surface area contributed by atoms with E-state index in [2.05, 4.69) is 10.1 Å². The monoisotopic (exact) mass is 303 g/mol. The molecule has 0 aromatic heterocycles. The molecule has 112 valence electrons. The van der Waals surface area contributed by atoms with Crippen molar-refractivity contribution in [3.8, 4) is 0 Å². The lowest BCUT2D eigenvalue weighted by atomic mass is 10.1. The highest BCUT2D eigenvalue weighted by Gasteiger charge is 2.24. The number of Topliss-reactive ketones (excluding diaryl/α,β-unsaturated/α-hetero) is 1. The van der Waals surface area contributed by atoms with Gasteiger partial charge in [-0.3, -0.25) is 9.59 Å². The molecule has 9 heteroatoms. The summed E-state index contributed by atoms with van der Waals surface area (Å²) >= 11 is -1.37. The van der Waals surface area contributed by atoms with Gasteiger partial charge in [-0.05, 0) is 31.4 Å². The molecule has 0 saturated heterocycles. The van der Waals surface area contributed by atoms with Crippen molar-refractivity contribution in [2.45, 2.75) is 38.0 Å². The van der Waals surface area contributed by atoms with Crippen molar-refractivity contribution in [1.82, 2.24) is 5.32 Å². The average Bonchev–Trinajstić information content (AvgIpc) is 2.34. The number of carboxylic acids is 1. The molecule has 2 unspecified atom stereocenters. The maximum Gasteiger partial charge on any atom is 0.326 e. The first-order valence-corrected chi connectivity index (χ1v) is 7.25. The van der Waals surface area contributed by atoms with Crippen LogP contribution in [0.25, 0.3) is 5.53 Å². The molecule has 1 amide bonds. The van der Waals surface area contributed by atoms with Crippen LogP contribution < -0.4 is 5.32 Å². The number of ketones is 1. The molecule has 20 heavy (non-hydrogen) atoms. The second kappa shape index (κ2) is 9.24. The normalized spacial score (nSPS) is 13.2. The van der Waals surface area contributed by atoms with Crippen LogP contribution in [0.15, 0.2) is 0 Å². The van der Waals surface area contributed by atoms with E-state index in [0.29, 0.717) is 6.21 Å². The molecule has 0 bridgehead atoms. The maximum atomic E-state index is 11.5. The Bertz CT molecular complexity index is 420. The minimum Gasteiger partial charge on any atom is -0.616 e. The van der Waals surface area contributed by atoms with E-state index in [9.17, 15) is 18.9 Å². The molecule has 2 N–H and O–H groups in total. The molecule has 0 saturated carbocycles. The van der Waals surface area contributed by atoms with Crippen LogP contribution in [0.5, 0.6) is 0 Å². The molecule has 0 rings (SSSR count). The van der Waals surface area contributed by atoms with Crippen LogP contribution in [0.1, 0.15) is 26.7 Å². The molecule has 0 aliphatic rings. The summed E-state index contributed by atoms with van der Waals surface area (Å²) in [6, 6.07) is -1.25. The lowest BCUT2D eigenvalue weighted by molar-refractivity contribution is -0.141. The third-order valence-corrected chi connectivity index (χ3v) is 3.91. The average molecular weight is 303 g/mol. The van der Waals surface area contributed by atoms with E-state index in [0.717, 1.165) is 0 Å². The molecule has 8 nitrogen and oxygen atoms in total. The van der Waals surface area contributed by atoms with E-state index in [1.807, 2.05) is 0 Å². The number of carbonyl (C=O) groups excluding carboxylic acids is 2. The molecular weight excluding hydrogens is 286 g/mol. The van der Waals surface area contributed by atoms with Gasteiger partial charge < -0.3 is 20.5 Å². The van der Waals surface area contributed by atoms with Gasteiger partial charge in [-0.2, -0.15) is 4.79 Å². The van der Waals surface area contributed by atoms with Gasteiger partial charge in [0.15, 0.2) is 5.75 Å². The van der Waals surface area contributed by atoms with Gasteiger partial charge >= 0.3 is 12.2 Å². The third-order valence-electron chi connectivity index (χ3n) is 2.31. The second-order valence-corrected chi connectivity index (χ2v) is 6.27. The molecule has 2 atom stereocenters. The van der Waals surface area contributed by atoms with Crippen LogP contribution in [-0.4, -0.2) is 55.4 Å². The number of hydrogen-bond acceptors (Lipinski definition) is 4. The Morgan fingerprint density at radius 2 is 2.05 bits per heavy atom. The topological polar surface area (TPSA) is 143 Å². The van der Waals surface area contributed by atoms with Gasteiger partial charge in [0.25, 0.3) is 5.91 Å². The Morgan fingerprint density at radius 1 is 1.45 bits per heavy atom. The van der Waals surface area contributed by atoms with Crippen molar-refractivity contribution < 1.29 is 28.8 Å². The largest absolute Gasteiger partial charge is 0.616 e. The van der Waals surface area contributed by atoms with Crippen molar-refractivity contribution in [1.29, 1.82) is 0 Å². The summed E-state index contributed by atoms with van der Waals surface area (Å²) in [5.41, 5.74) is 8.14. The van der Waals surface area contributed by atoms with Crippen molar-refractivity contribution in [3.63, 3.8) is 0 Å². The summed E-state index contributed by atoms with van der Waals surface area (Å²) in [5, 5.41) is 10.9. The fourth-order valence-electron chi connectivity index (χ4n) is 1.20. The first-order chi connectivity index (χ1) is 9.27. The minimum absolute atomic E-state index is 0.139. The van der Waals surface area contributed by atoms with E-state index >= 15 is 0 Å². The first-order valence-electron chi connectivity index (χ1n) is 5.87. The van der Waals surface area contributed by atoms with Crippen LogP contribution in [0.3, 0.4) is 0 Å². The molecule has 0 aromatic carbocycles. The van der Waals surface area contributed by atoms with Crippen molar-refractivity contribution in [2.75, 3.05) is 5.75 Å². The Morgan fingerprint density at radius 3 is 2.50 bits per heavy atom. The van der Waals surface area contributed by atoms with Crippen LogP contribution in [0.4, 0.5) is 0 Å². The Kier molecular flexibility index (Phi) is 8.46. The van der Waals surface area contributed by atoms with Crippen LogP contribution in [0.2, 0.25) is 0 Å². The van der Waals surface area contributed by atoms with Gasteiger partial charge in [0.2, 0.25) is 5.78 Å². The quantitative estimate of drug-likeness (QED) is 0.252. The predicted molar refractivity (Wildman–Crippen MR) is 71.6 cm³/mol. The van der Waals surface area contributed by atoms with Gasteiger partial charge in [0.05, 0.1) is 0 Å². The zero-order valence-corrected chi connectivity index (χ0v) is 12.1. The molecular formula is C11H17N3O5S. The molecule has 0 aromatic rings. The van der Waals surface area contributed by atoms with Crippen molar-refractivity contribution >= 4 is 35.1 Å². The number of carboxylic acid groups (broad SMARTS) is 1. The number of nitrogens with zero attached hydrogens (tertiary/aromatic N) is 2. The van der Waals surface area contributed by atoms with E-state index in [4.69, 9.17) is 10.6 Å². The molecule has 0 fully saturated rings. The second-order valence-electron chi connectivity index (χ2n) is 4.28. The lowest BCUT2D eigenvalue weighted by Gasteiger charge is -2.17. The Hall–Kier alpha value is -1.70. The van der Waals surface area contributed by atoms with Gasteiger partial charge in [0.1, 0.15) is 11.3 Å². The molecule has 0 radical (unpaired) electrons.